The van der Waals surface area contributed by atoms with Crippen LogP contribution < -0.4 is 5.32 Å². The number of carbonyl (C=O) groups excluding carboxylic acids is 1. The maximum atomic E-state index is 12.5. The highest BCUT2D eigenvalue weighted by atomic mass is 16.2. The van der Waals surface area contributed by atoms with Crippen LogP contribution in [0.25, 0.3) is 11.0 Å². The molecule has 2 heterocycles. The molecule has 1 aliphatic heterocycles. The zero-order valence-electron chi connectivity index (χ0n) is 15.1. The molecular formula is C19H28N4O. The van der Waals surface area contributed by atoms with Gasteiger partial charge in [0.05, 0.1) is 17.1 Å². The Labute approximate surface area is 143 Å². The fraction of sp³-hybridized carbons (Fsp3) is 0.579. The van der Waals surface area contributed by atoms with Crippen molar-refractivity contribution in [2.45, 2.75) is 58.0 Å². The van der Waals surface area contributed by atoms with Gasteiger partial charge in [-0.15, -0.1) is 0 Å². The zero-order chi connectivity index (χ0) is 17.3. The van der Waals surface area contributed by atoms with E-state index >= 15 is 0 Å². The lowest BCUT2D eigenvalue weighted by atomic mass is 9.96. The average Bonchev–Trinajstić information content (AvgIpc) is 2.96. The molecule has 0 saturated carbocycles. The standard InChI is InChI=1S/C19H28N4O/c1-13(18(24)22-19(2,3)4)23-11-7-8-14(12-23)17-20-15-9-5-6-10-16(15)21-17/h5-6,9-10,13-14H,7-8,11-12H2,1-4H3,(H,20,21)(H,22,24)/t13-,14-/m0/s1. The van der Waals surface area contributed by atoms with Gasteiger partial charge in [-0.05, 0) is 59.2 Å². The zero-order valence-corrected chi connectivity index (χ0v) is 15.1. The van der Waals surface area contributed by atoms with E-state index < -0.39 is 0 Å². The van der Waals surface area contributed by atoms with Gasteiger partial charge < -0.3 is 10.3 Å². The van der Waals surface area contributed by atoms with Gasteiger partial charge in [-0.1, -0.05) is 12.1 Å². The maximum Gasteiger partial charge on any atom is 0.237 e. The minimum Gasteiger partial charge on any atom is -0.350 e. The smallest absolute Gasteiger partial charge is 0.237 e. The number of amides is 1. The molecule has 0 aliphatic carbocycles. The summed E-state index contributed by atoms with van der Waals surface area (Å²) in [6, 6.07) is 8.02. The number of rotatable bonds is 3. The predicted molar refractivity (Wildman–Crippen MR) is 97.0 cm³/mol. The Balaban J connectivity index is 1.70. The lowest BCUT2D eigenvalue weighted by Gasteiger charge is -2.36. The highest BCUT2D eigenvalue weighted by Gasteiger charge is 2.30. The van der Waals surface area contributed by atoms with E-state index in [9.17, 15) is 4.79 Å². The number of aromatic nitrogens is 2. The summed E-state index contributed by atoms with van der Waals surface area (Å²) in [4.78, 5) is 23.0. The third kappa shape index (κ3) is 3.78. The van der Waals surface area contributed by atoms with Gasteiger partial charge in [-0.3, -0.25) is 9.69 Å². The van der Waals surface area contributed by atoms with Gasteiger partial charge in [0.15, 0.2) is 0 Å². The molecule has 1 aromatic heterocycles. The van der Waals surface area contributed by atoms with E-state index in [1.165, 1.54) is 0 Å². The maximum absolute atomic E-state index is 12.5. The minimum absolute atomic E-state index is 0.104. The first-order chi connectivity index (χ1) is 11.3. The Morgan fingerprint density at radius 3 is 2.83 bits per heavy atom. The van der Waals surface area contributed by atoms with Gasteiger partial charge >= 0.3 is 0 Å². The Hall–Kier alpha value is -1.88. The molecule has 5 heteroatoms. The second-order valence-corrected chi connectivity index (χ2v) is 7.89. The number of nitrogens with one attached hydrogen (secondary N) is 2. The van der Waals surface area contributed by atoms with Gasteiger partial charge in [-0.25, -0.2) is 4.98 Å². The van der Waals surface area contributed by atoms with Crippen LogP contribution in [0.3, 0.4) is 0 Å². The first-order valence-corrected chi connectivity index (χ1v) is 8.84. The van der Waals surface area contributed by atoms with Crippen LogP contribution in [0.15, 0.2) is 24.3 Å². The molecular weight excluding hydrogens is 300 g/mol. The van der Waals surface area contributed by atoms with Crippen molar-refractivity contribution in [3.63, 3.8) is 0 Å². The topological polar surface area (TPSA) is 61.0 Å². The number of hydrogen-bond acceptors (Lipinski definition) is 3. The summed E-state index contributed by atoms with van der Waals surface area (Å²) in [5.41, 5.74) is 1.91. The third-order valence-electron chi connectivity index (χ3n) is 4.67. The molecule has 0 radical (unpaired) electrons. The quantitative estimate of drug-likeness (QED) is 0.910. The van der Waals surface area contributed by atoms with Crippen molar-refractivity contribution < 1.29 is 4.79 Å². The molecule has 130 valence electrons. The average molecular weight is 328 g/mol. The molecule has 24 heavy (non-hydrogen) atoms. The van der Waals surface area contributed by atoms with Gasteiger partial charge in [0.2, 0.25) is 5.91 Å². The fourth-order valence-corrected chi connectivity index (χ4v) is 3.39. The van der Waals surface area contributed by atoms with Crippen LogP contribution in [0.4, 0.5) is 0 Å². The van der Waals surface area contributed by atoms with Gasteiger partial charge in [0, 0.05) is 18.0 Å². The molecule has 2 aromatic rings. The number of benzene rings is 1. The van der Waals surface area contributed by atoms with Crippen molar-refractivity contribution in [3.8, 4) is 0 Å². The first-order valence-electron chi connectivity index (χ1n) is 8.84. The summed E-state index contributed by atoms with van der Waals surface area (Å²) in [5, 5.41) is 3.09. The van der Waals surface area contributed by atoms with E-state index in [0.29, 0.717) is 5.92 Å². The van der Waals surface area contributed by atoms with Gasteiger partial charge in [0.1, 0.15) is 5.82 Å². The minimum atomic E-state index is -0.195. The molecule has 1 saturated heterocycles. The van der Waals surface area contributed by atoms with E-state index in [1.54, 1.807) is 0 Å². The second-order valence-electron chi connectivity index (χ2n) is 7.89. The molecule has 1 amide bonds. The number of nitrogens with zero attached hydrogens (tertiary/aromatic N) is 2. The van der Waals surface area contributed by atoms with Crippen LogP contribution >= 0.6 is 0 Å². The largest absolute Gasteiger partial charge is 0.350 e. The van der Waals surface area contributed by atoms with E-state index in [1.807, 2.05) is 45.9 Å². The molecule has 2 atom stereocenters. The summed E-state index contributed by atoms with van der Waals surface area (Å²) < 4.78 is 0. The number of imidazole rings is 1. The van der Waals surface area contributed by atoms with Crippen molar-refractivity contribution in [1.82, 2.24) is 20.2 Å². The Morgan fingerprint density at radius 2 is 2.12 bits per heavy atom. The summed E-state index contributed by atoms with van der Waals surface area (Å²) >= 11 is 0. The molecule has 1 fully saturated rings. The number of likely N-dealkylation sites (tertiary alicyclic amines) is 1. The fourth-order valence-electron chi connectivity index (χ4n) is 3.39. The number of fused-ring (bicyclic) bond motifs is 1. The first kappa shape index (κ1) is 17.0. The molecule has 1 aliphatic rings. The molecule has 0 spiro atoms. The SMILES string of the molecule is C[C@@H](C(=O)NC(C)(C)C)N1CCC[C@H](c2nc3ccccc3[nH]2)C1. The van der Waals surface area contributed by atoms with Crippen LogP contribution in [0.1, 0.15) is 52.3 Å². The van der Waals surface area contributed by atoms with Crippen LogP contribution in [0.2, 0.25) is 0 Å². The van der Waals surface area contributed by atoms with Gasteiger partial charge in [-0.2, -0.15) is 0 Å². The van der Waals surface area contributed by atoms with Crippen LogP contribution in [-0.2, 0) is 4.79 Å². The lowest BCUT2D eigenvalue weighted by Crippen LogP contribution is -2.52. The highest BCUT2D eigenvalue weighted by Crippen LogP contribution is 2.27. The third-order valence-corrected chi connectivity index (χ3v) is 4.67. The number of aromatic amines is 1. The summed E-state index contributed by atoms with van der Waals surface area (Å²) in [6.45, 7) is 9.90. The Morgan fingerprint density at radius 1 is 1.38 bits per heavy atom. The van der Waals surface area contributed by atoms with Crippen LogP contribution in [0.5, 0.6) is 0 Å². The molecule has 5 nitrogen and oxygen atoms in total. The Bertz CT molecular complexity index is 682. The number of H-pyrrole nitrogens is 1. The van der Waals surface area contributed by atoms with E-state index in [4.69, 9.17) is 4.98 Å². The van der Waals surface area contributed by atoms with Crippen molar-refractivity contribution in [3.05, 3.63) is 30.1 Å². The van der Waals surface area contributed by atoms with Crippen LogP contribution in [-0.4, -0.2) is 45.4 Å². The second kappa shape index (κ2) is 6.55. The van der Waals surface area contributed by atoms with E-state index in [2.05, 4.69) is 21.3 Å². The molecule has 2 N–H and O–H groups in total. The lowest BCUT2D eigenvalue weighted by molar-refractivity contribution is -0.127. The van der Waals surface area contributed by atoms with Gasteiger partial charge in [0.25, 0.3) is 0 Å². The number of hydrogen-bond donors (Lipinski definition) is 2. The summed E-state index contributed by atoms with van der Waals surface area (Å²) in [5.74, 6) is 1.51. The van der Waals surface area contributed by atoms with Crippen molar-refractivity contribution in [2.75, 3.05) is 13.1 Å². The van der Waals surface area contributed by atoms with E-state index in [-0.39, 0.29) is 17.5 Å². The molecule has 1 aromatic carbocycles. The number of para-hydroxylation sites is 2. The summed E-state index contributed by atoms with van der Waals surface area (Å²) in [6.07, 6.45) is 2.21. The van der Waals surface area contributed by atoms with Crippen LogP contribution in [0, 0.1) is 0 Å². The van der Waals surface area contributed by atoms with Crippen molar-refractivity contribution in [2.24, 2.45) is 0 Å². The predicted octanol–water partition coefficient (Wildman–Crippen LogP) is 3.05. The number of piperidine rings is 1. The van der Waals surface area contributed by atoms with Crippen molar-refractivity contribution in [1.29, 1.82) is 0 Å². The highest BCUT2D eigenvalue weighted by molar-refractivity contribution is 5.82. The summed E-state index contributed by atoms with van der Waals surface area (Å²) in [7, 11) is 0. The van der Waals surface area contributed by atoms with E-state index in [0.717, 1.165) is 42.8 Å². The van der Waals surface area contributed by atoms with Crippen molar-refractivity contribution >= 4 is 16.9 Å². The Kier molecular flexibility index (Phi) is 4.63. The number of carbonyl (C=O) groups is 1. The molecule has 0 bridgehead atoms. The normalized spacial score (nSPS) is 20.9. The molecule has 3 rings (SSSR count). The monoisotopic (exact) mass is 328 g/mol. The molecule has 0 unspecified atom stereocenters.